The van der Waals surface area contributed by atoms with E-state index in [0.29, 0.717) is 23.9 Å². The molecule has 0 bridgehead atoms. The number of para-hydroxylation sites is 2. The van der Waals surface area contributed by atoms with Crippen molar-refractivity contribution in [2.24, 2.45) is 5.92 Å². The summed E-state index contributed by atoms with van der Waals surface area (Å²) in [5, 5.41) is 0. The highest BCUT2D eigenvalue weighted by Crippen LogP contribution is 2.26. The van der Waals surface area contributed by atoms with E-state index in [0.717, 1.165) is 0 Å². The van der Waals surface area contributed by atoms with Crippen LogP contribution in [0.5, 0.6) is 17.2 Å². The van der Waals surface area contributed by atoms with Gasteiger partial charge < -0.3 is 14.2 Å². The molecule has 2 rings (SSSR count). The number of hydrogen-bond donors (Lipinski definition) is 3. The molecule has 34 heavy (non-hydrogen) atoms. The van der Waals surface area contributed by atoms with Gasteiger partial charge in [0, 0.05) is 0 Å². The van der Waals surface area contributed by atoms with Crippen LogP contribution in [0.15, 0.2) is 53.4 Å². The quantitative estimate of drug-likeness (QED) is 0.385. The summed E-state index contributed by atoms with van der Waals surface area (Å²) in [5.74, 6) is 0.0602. The molecule has 10 nitrogen and oxygen atoms in total. The molecular weight excluding hydrogens is 462 g/mol. The topological polar surface area (TPSA) is 132 Å². The number of methoxy groups -OCH3 is 1. The lowest BCUT2D eigenvalue weighted by molar-refractivity contribution is -0.131. The van der Waals surface area contributed by atoms with Gasteiger partial charge in [0.15, 0.2) is 18.1 Å². The second-order valence-electron chi connectivity index (χ2n) is 7.68. The van der Waals surface area contributed by atoms with Crippen molar-refractivity contribution >= 4 is 21.8 Å². The molecule has 0 saturated carbocycles. The molecular formula is C23H31N3O7S. The molecule has 0 spiro atoms. The number of sulfonamides is 1. The molecule has 0 radical (unpaired) electrons. The first kappa shape index (κ1) is 26.9. The van der Waals surface area contributed by atoms with Gasteiger partial charge in [-0.25, -0.2) is 8.42 Å². The number of carbonyl (C=O) groups excluding carboxylic acids is 2. The van der Waals surface area contributed by atoms with Gasteiger partial charge >= 0.3 is 0 Å². The minimum atomic E-state index is -3.99. The number of nitrogens with one attached hydrogen (secondary N) is 3. The fourth-order valence-corrected chi connectivity index (χ4v) is 4.14. The Morgan fingerprint density at radius 3 is 2.12 bits per heavy atom. The summed E-state index contributed by atoms with van der Waals surface area (Å²) in [7, 11) is -2.51. The molecule has 1 unspecified atom stereocenters. The Labute approximate surface area is 200 Å². The smallest absolute Gasteiger partial charge is 0.276 e. The fourth-order valence-electron chi connectivity index (χ4n) is 2.93. The first-order chi connectivity index (χ1) is 16.2. The van der Waals surface area contributed by atoms with Crippen molar-refractivity contribution < 1.29 is 32.2 Å². The number of benzene rings is 2. The van der Waals surface area contributed by atoms with Crippen molar-refractivity contribution in [1.82, 2.24) is 15.6 Å². The normalized spacial score (nSPS) is 12.0. The molecule has 186 valence electrons. The van der Waals surface area contributed by atoms with E-state index in [9.17, 15) is 18.0 Å². The number of ether oxygens (including phenoxy) is 3. The molecule has 0 aliphatic heterocycles. The van der Waals surface area contributed by atoms with Gasteiger partial charge in [-0.1, -0.05) is 26.0 Å². The van der Waals surface area contributed by atoms with Gasteiger partial charge in [-0.2, -0.15) is 4.72 Å². The third kappa shape index (κ3) is 8.23. The van der Waals surface area contributed by atoms with Gasteiger partial charge in [0.2, 0.25) is 10.0 Å². The highest BCUT2D eigenvalue weighted by atomic mass is 32.2. The molecule has 0 aromatic heterocycles. The van der Waals surface area contributed by atoms with Gasteiger partial charge in [-0.05, 0) is 55.7 Å². The summed E-state index contributed by atoms with van der Waals surface area (Å²) in [6.07, 6.45) is 0.218. The highest BCUT2D eigenvalue weighted by molar-refractivity contribution is 7.89. The fraction of sp³-hybridized carbons (Fsp3) is 0.391. The number of hydrogen-bond acceptors (Lipinski definition) is 7. The van der Waals surface area contributed by atoms with E-state index in [1.54, 1.807) is 24.3 Å². The van der Waals surface area contributed by atoms with Gasteiger partial charge in [0.25, 0.3) is 11.8 Å². The second kappa shape index (κ2) is 12.8. The van der Waals surface area contributed by atoms with E-state index in [4.69, 9.17) is 14.2 Å². The van der Waals surface area contributed by atoms with E-state index < -0.39 is 27.9 Å². The van der Waals surface area contributed by atoms with Crippen LogP contribution < -0.4 is 29.8 Å². The Kier molecular flexibility index (Phi) is 10.1. The maximum Gasteiger partial charge on any atom is 0.276 e. The van der Waals surface area contributed by atoms with Crippen molar-refractivity contribution in [1.29, 1.82) is 0 Å². The maximum absolute atomic E-state index is 12.8. The lowest BCUT2D eigenvalue weighted by atomic mass is 10.0. The number of carbonyl (C=O) groups is 2. The van der Waals surface area contributed by atoms with E-state index in [1.165, 1.54) is 31.4 Å². The SMILES string of the molecule is CCOc1ccccc1OCC(=O)NNC(=O)C(CC(C)C)NS(=O)(=O)c1ccc(OC)cc1. The first-order valence-electron chi connectivity index (χ1n) is 10.8. The zero-order valence-corrected chi connectivity index (χ0v) is 20.5. The van der Waals surface area contributed by atoms with Crippen LogP contribution in [0.25, 0.3) is 0 Å². The summed E-state index contributed by atoms with van der Waals surface area (Å²) in [5.41, 5.74) is 4.50. The van der Waals surface area contributed by atoms with Crippen LogP contribution in [0.1, 0.15) is 27.2 Å². The molecule has 0 saturated heterocycles. The van der Waals surface area contributed by atoms with Crippen LogP contribution in [-0.2, 0) is 19.6 Å². The molecule has 0 aliphatic rings. The second-order valence-corrected chi connectivity index (χ2v) is 9.40. The molecule has 2 aromatic carbocycles. The van der Waals surface area contributed by atoms with Crippen LogP contribution in [0.3, 0.4) is 0 Å². The molecule has 11 heteroatoms. The number of amides is 2. The molecule has 1 atom stereocenters. The summed E-state index contributed by atoms with van der Waals surface area (Å²) in [6.45, 7) is 5.59. The van der Waals surface area contributed by atoms with Crippen LogP contribution in [0.4, 0.5) is 0 Å². The van der Waals surface area contributed by atoms with Crippen LogP contribution in [-0.4, -0.2) is 46.6 Å². The van der Waals surface area contributed by atoms with E-state index in [2.05, 4.69) is 15.6 Å². The van der Waals surface area contributed by atoms with Crippen molar-refractivity contribution in [3.8, 4) is 17.2 Å². The highest BCUT2D eigenvalue weighted by Gasteiger charge is 2.27. The molecule has 3 N–H and O–H groups in total. The Hall–Kier alpha value is -3.31. The van der Waals surface area contributed by atoms with Gasteiger partial charge in [0.05, 0.1) is 18.6 Å². The van der Waals surface area contributed by atoms with Gasteiger partial charge in [-0.3, -0.25) is 20.4 Å². The lowest BCUT2D eigenvalue weighted by Crippen LogP contribution is -2.53. The van der Waals surface area contributed by atoms with Gasteiger partial charge in [0.1, 0.15) is 11.8 Å². The average molecular weight is 494 g/mol. The Morgan fingerprint density at radius 2 is 1.56 bits per heavy atom. The van der Waals surface area contributed by atoms with Crippen molar-refractivity contribution in [3.63, 3.8) is 0 Å². The van der Waals surface area contributed by atoms with Crippen LogP contribution >= 0.6 is 0 Å². The molecule has 2 aromatic rings. The summed E-state index contributed by atoms with van der Waals surface area (Å²) >= 11 is 0. The summed E-state index contributed by atoms with van der Waals surface area (Å²) in [4.78, 5) is 24.8. The van der Waals surface area contributed by atoms with E-state index >= 15 is 0 Å². The van der Waals surface area contributed by atoms with Crippen molar-refractivity contribution in [2.45, 2.75) is 38.1 Å². The van der Waals surface area contributed by atoms with E-state index in [-0.39, 0.29) is 23.8 Å². The largest absolute Gasteiger partial charge is 0.497 e. The zero-order chi connectivity index (χ0) is 25.1. The molecule has 0 heterocycles. The summed E-state index contributed by atoms with van der Waals surface area (Å²) < 4.78 is 43.8. The Morgan fingerprint density at radius 1 is 0.941 bits per heavy atom. The molecule has 0 aliphatic carbocycles. The monoisotopic (exact) mass is 493 g/mol. The van der Waals surface area contributed by atoms with Crippen LogP contribution in [0, 0.1) is 5.92 Å². The van der Waals surface area contributed by atoms with E-state index in [1.807, 2.05) is 20.8 Å². The summed E-state index contributed by atoms with van der Waals surface area (Å²) in [6, 6.07) is 11.6. The third-order valence-corrected chi connectivity index (χ3v) is 6.01. The van der Waals surface area contributed by atoms with Gasteiger partial charge in [-0.15, -0.1) is 0 Å². The standard InChI is InChI=1S/C23H31N3O7S/c1-5-32-20-8-6-7-9-21(20)33-15-22(27)24-25-23(28)19(14-16(2)3)26-34(29,30)18-12-10-17(31-4)11-13-18/h6-13,16,19,26H,5,14-15H2,1-4H3,(H,24,27)(H,25,28). The Balaban J connectivity index is 1.97. The number of hydrazine groups is 1. The van der Waals surface area contributed by atoms with Crippen molar-refractivity contribution in [3.05, 3.63) is 48.5 Å². The Bertz CT molecular complexity index is 1060. The predicted molar refractivity (Wildman–Crippen MR) is 126 cm³/mol. The van der Waals surface area contributed by atoms with Crippen LogP contribution in [0.2, 0.25) is 0 Å². The molecule has 2 amide bonds. The number of rotatable bonds is 12. The molecule has 0 fully saturated rings. The van der Waals surface area contributed by atoms with Crippen molar-refractivity contribution in [2.75, 3.05) is 20.3 Å². The lowest BCUT2D eigenvalue weighted by Gasteiger charge is -2.20. The third-order valence-electron chi connectivity index (χ3n) is 4.52. The minimum absolute atomic E-state index is 0.00317. The first-order valence-corrected chi connectivity index (χ1v) is 12.2. The predicted octanol–water partition coefficient (Wildman–Crippen LogP) is 2.01. The average Bonchev–Trinajstić information content (AvgIpc) is 2.81. The maximum atomic E-state index is 12.8. The zero-order valence-electron chi connectivity index (χ0n) is 19.7. The minimum Gasteiger partial charge on any atom is -0.497 e.